The average Bonchev–Trinajstić information content (AvgIpc) is 3.41. The quantitative estimate of drug-likeness (QED) is 0.580. The molecule has 5 rings (SSSR count). The van der Waals surface area contributed by atoms with Gasteiger partial charge in [0.25, 0.3) is 11.8 Å². The monoisotopic (exact) mass is 428 g/mol. The smallest absolute Gasteiger partial charge is 0.280 e. The Morgan fingerprint density at radius 1 is 1.00 bits per heavy atom. The first-order valence-electron chi connectivity index (χ1n) is 10.8. The van der Waals surface area contributed by atoms with Crippen molar-refractivity contribution in [3.63, 3.8) is 0 Å². The zero-order valence-corrected chi connectivity index (χ0v) is 17.9. The van der Waals surface area contributed by atoms with Gasteiger partial charge in [0.15, 0.2) is 11.5 Å². The summed E-state index contributed by atoms with van der Waals surface area (Å²) in [4.78, 5) is 35.4. The molecule has 0 aromatic heterocycles. The van der Waals surface area contributed by atoms with Crippen molar-refractivity contribution in [1.82, 2.24) is 10.1 Å². The zero-order chi connectivity index (χ0) is 22.1. The number of fused-ring (bicyclic) bond motifs is 2. The Morgan fingerprint density at radius 3 is 2.50 bits per heavy atom. The number of para-hydroxylation sites is 1. The Balaban J connectivity index is 1.46. The van der Waals surface area contributed by atoms with Gasteiger partial charge in [-0.2, -0.15) is 0 Å². The second-order valence-corrected chi connectivity index (χ2v) is 8.06. The Kier molecular flexibility index (Phi) is 5.33. The number of amides is 2. The fourth-order valence-corrected chi connectivity index (χ4v) is 4.19. The van der Waals surface area contributed by atoms with Gasteiger partial charge in [-0.25, -0.2) is 0 Å². The largest absolute Gasteiger partial charge is 0.355 e. The maximum absolute atomic E-state index is 13.3. The normalized spacial score (nSPS) is 17.2. The molecule has 0 saturated carbocycles. The van der Waals surface area contributed by atoms with Crippen LogP contribution in [0.1, 0.15) is 25.3 Å². The number of hydrogen-bond acceptors (Lipinski definition) is 5. The SMILES string of the molecule is CC(=O)N(/N=C1\C(=O)N(CN2CCCC2)c2ccccc21)Oc1ccc2ccccc2c1. The van der Waals surface area contributed by atoms with E-state index in [4.69, 9.17) is 4.84 Å². The Bertz CT molecular complexity index is 1220. The van der Waals surface area contributed by atoms with Crippen LogP contribution >= 0.6 is 0 Å². The highest BCUT2D eigenvalue weighted by atomic mass is 16.7. The lowest BCUT2D eigenvalue weighted by molar-refractivity contribution is -0.154. The molecule has 0 N–H and O–H groups in total. The van der Waals surface area contributed by atoms with Crippen molar-refractivity contribution in [2.24, 2.45) is 5.10 Å². The second-order valence-electron chi connectivity index (χ2n) is 8.06. The fraction of sp³-hybridized carbons (Fsp3) is 0.240. The first-order chi connectivity index (χ1) is 15.6. The maximum Gasteiger partial charge on any atom is 0.280 e. The summed E-state index contributed by atoms with van der Waals surface area (Å²) in [5.41, 5.74) is 1.71. The summed E-state index contributed by atoms with van der Waals surface area (Å²) in [7, 11) is 0. The highest BCUT2D eigenvalue weighted by Gasteiger charge is 2.36. The first-order valence-corrected chi connectivity index (χ1v) is 10.8. The van der Waals surface area contributed by atoms with Crippen LogP contribution < -0.4 is 9.74 Å². The van der Waals surface area contributed by atoms with Crippen molar-refractivity contribution in [3.8, 4) is 5.75 Å². The van der Waals surface area contributed by atoms with E-state index < -0.39 is 5.91 Å². The Labute approximate surface area is 186 Å². The number of hydroxylamine groups is 1. The number of likely N-dealkylation sites (tertiary alicyclic amines) is 1. The van der Waals surface area contributed by atoms with Crippen LogP contribution in [0.15, 0.2) is 71.8 Å². The minimum absolute atomic E-state index is 0.204. The molecule has 0 radical (unpaired) electrons. The van der Waals surface area contributed by atoms with Crippen LogP contribution in [0.2, 0.25) is 0 Å². The number of anilines is 1. The van der Waals surface area contributed by atoms with E-state index >= 15 is 0 Å². The Hall–Kier alpha value is -3.71. The minimum atomic E-state index is -0.422. The lowest BCUT2D eigenvalue weighted by Gasteiger charge is -2.23. The van der Waals surface area contributed by atoms with Crippen molar-refractivity contribution >= 4 is 34.0 Å². The molecule has 2 aliphatic heterocycles. The highest BCUT2D eigenvalue weighted by Crippen LogP contribution is 2.30. The van der Waals surface area contributed by atoms with Gasteiger partial charge in [0.05, 0.1) is 12.4 Å². The predicted molar refractivity (Wildman–Crippen MR) is 123 cm³/mol. The molecular weight excluding hydrogens is 404 g/mol. The summed E-state index contributed by atoms with van der Waals surface area (Å²) >= 11 is 0. The summed E-state index contributed by atoms with van der Waals surface area (Å²) in [5.74, 6) is -0.184. The van der Waals surface area contributed by atoms with E-state index in [-0.39, 0.29) is 11.6 Å². The molecule has 162 valence electrons. The van der Waals surface area contributed by atoms with Gasteiger partial charge in [-0.15, -0.1) is 5.10 Å². The molecular formula is C25H24N4O3. The molecule has 0 atom stereocenters. The summed E-state index contributed by atoms with van der Waals surface area (Å²) < 4.78 is 0. The second kappa shape index (κ2) is 8.43. The predicted octanol–water partition coefficient (Wildman–Crippen LogP) is 3.79. The molecule has 0 bridgehead atoms. The summed E-state index contributed by atoms with van der Waals surface area (Å²) in [5, 5.41) is 7.32. The minimum Gasteiger partial charge on any atom is -0.355 e. The molecule has 2 heterocycles. The van der Waals surface area contributed by atoms with Crippen LogP contribution in [-0.4, -0.2) is 47.4 Å². The number of hydrogen-bond donors (Lipinski definition) is 0. The van der Waals surface area contributed by atoms with Gasteiger partial charge in [-0.05, 0) is 54.9 Å². The molecule has 32 heavy (non-hydrogen) atoms. The van der Waals surface area contributed by atoms with E-state index in [9.17, 15) is 9.59 Å². The van der Waals surface area contributed by atoms with Crippen molar-refractivity contribution in [2.75, 3.05) is 24.7 Å². The fourth-order valence-electron chi connectivity index (χ4n) is 4.19. The maximum atomic E-state index is 13.3. The average molecular weight is 428 g/mol. The number of benzene rings is 3. The van der Waals surface area contributed by atoms with Crippen LogP contribution in [0.5, 0.6) is 5.75 Å². The van der Waals surface area contributed by atoms with Crippen LogP contribution in [-0.2, 0) is 9.59 Å². The van der Waals surface area contributed by atoms with E-state index in [0.29, 0.717) is 18.0 Å². The van der Waals surface area contributed by atoms with E-state index in [1.807, 2.05) is 60.7 Å². The molecule has 0 aliphatic carbocycles. The zero-order valence-electron chi connectivity index (χ0n) is 17.9. The Morgan fingerprint density at radius 2 is 1.72 bits per heavy atom. The van der Waals surface area contributed by atoms with E-state index in [2.05, 4.69) is 10.0 Å². The molecule has 1 fully saturated rings. The van der Waals surface area contributed by atoms with Crippen LogP contribution in [0.25, 0.3) is 10.8 Å². The standard InChI is InChI=1S/C25H24N4O3/c1-18(30)29(32-21-13-12-19-8-2-3-9-20(19)16-21)26-24-22-10-4-5-11-23(22)28(25(24)31)17-27-14-6-7-15-27/h2-5,8-13,16H,6-7,14-15,17H2,1H3/b26-24-. The number of carbonyl (C=O) groups is 2. The van der Waals surface area contributed by atoms with Gasteiger partial charge >= 0.3 is 0 Å². The van der Waals surface area contributed by atoms with Gasteiger partial charge in [0.2, 0.25) is 0 Å². The van der Waals surface area contributed by atoms with Gasteiger partial charge in [0.1, 0.15) is 0 Å². The number of rotatable bonds is 5. The lowest BCUT2D eigenvalue weighted by atomic mass is 10.1. The van der Waals surface area contributed by atoms with Gasteiger partial charge in [-0.1, -0.05) is 53.7 Å². The van der Waals surface area contributed by atoms with Crippen molar-refractivity contribution in [3.05, 3.63) is 72.3 Å². The van der Waals surface area contributed by atoms with Gasteiger partial charge in [-0.3, -0.25) is 19.4 Å². The highest BCUT2D eigenvalue weighted by molar-refractivity contribution is 6.54. The summed E-state index contributed by atoms with van der Waals surface area (Å²) in [6.07, 6.45) is 2.28. The van der Waals surface area contributed by atoms with Crippen molar-refractivity contribution in [2.45, 2.75) is 19.8 Å². The molecule has 2 amide bonds. The molecule has 0 unspecified atom stereocenters. The third-order valence-corrected chi connectivity index (χ3v) is 5.81. The summed E-state index contributed by atoms with van der Waals surface area (Å²) in [6, 6.07) is 21.0. The van der Waals surface area contributed by atoms with Crippen LogP contribution in [0, 0.1) is 0 Å². The number of carbonyl (C=O) groups excluding carboxylic acids is 2. The molecule has 7 nitrogen and oxygen atoms in total. The van der Waals surface area contributed by atoms with Gasteiger partial charge < -0.3 is 4.84 Å². The van der Waals surface area contributed by atoms with E-state index in [1.165, 1.54) is 6.92 Å². The van der Waals surface area contributed by atoms with Crippen LogP contribution in [0.4, 0.5) is 5.69 Å². The summed E-state index contributed by atoms with van der Waals surface area (Å²) in [6.45, 7) is 3.82. The molecule has 1 saturated heterocycles. The number of hydrazone groups is 1. The first kappa shape index (κ1) is 20.2. The molecule has 3 aromatic carbocycles. The third-order valence-electron chi connectivity index (χ3n) is 5.81. The van der Waals surface area contributed by atoms with E-state index in [0.717, 1.165) is 47.6 Å². The number of nitrogens with zero attached hydrogens (tertiary/aromatic N) is 4. The lowest BCUT2D eigenvalue weighted by Crippen LogP contribution is -2.40. The van der Waals surface area contributed by atoms with Crippen molar-refractivity contribution in [1.29, 1.82) is 0 Å². The van der Waals surface area contributed by atoms with E-state index in [1.54, 1.807) is 11.0 Å². The van der Waals surface area contributed by atoms with Crippen molar-refractivity contribution < 1.29 is 14.4 Å². The third kappa shape index (κ3) is 3.83. The molecule has 0 spiro atoms. The molecule has 7 heteroatoms. The molecule has 3 aromatic rings. The van der Waals surface area contributed by atoms with Crippen LogP contribution in [0.3, 0.4) is 0 Å². The van der Waals surface area contributed by atoms with Gasteiger partial charge in [0, 0.05) is 12.5 Å². The molecule has 2 aliphatic rings. The topological polar surface area (TPSA) is 65.5 Å².